The maximum Gasteiger partial charge on any atom is 0.351 e. The fraction of sp³-hybridized carbons (Fsp3) is 0.312. The highest BCUT2D eigenvalue weighted by atomic mass is 32.2. The van der Waals surface area contributed by atoms with Crippen molar-refractivity contribution in [1.82, 2.24) is 14.4 Å². The molecule has 0 saturated carbocycles. The molecule has 0 spiro atoms. The lowest BCUT2D eigenvalue weighted by molar-refractivity contribution is -0.243. The number of rotatable bonds is 9. The first-order valence-corrected chi connectivity index (χ1v) is 10.1. The Hall–Kier alpha value is -2.45. The number of sulfonamides is 1. The molecule has 0 saturated heterocycles. The van der Waals surface area contributed by atoms with Gasteiger partial charge in [-0.05, 0) is 32.0 Å². The molecule has 1 aromatic heterocycles. The topological polar surface area (TPSA) is 141 Å². The van der Waals surface area contributed by atoms with Crippen molar-refractivity contribution in [3.05, 3.63) is 23.9 Å². The third-order valence-electron chi connectivity index (χ3n) is 3.62. The van der Waals surface area contributed by atoms with Gasteiger partial charge in [0, 0.05) is 5.56 Å². The molecule has 29 heavy (non-hydrogen) atoms. The van der Waals surface area contributed by atoms with Gasteiger partial charge in [0.1, 0.15) is 23.6 Å². The Morgan fingerprint density at radius 3 is 2.79 bits per heavy atom. The van der Waals surface area contributed by atoms with Crippen molar-refractivity contribution in [1.29, 1.82) is 0 Å². The van der Waals surface area contributed by atoms with Crippen molar-refractivity contribution < 1.29 is 32.8 Å². The number of nitrogens with one attached hydrogen (secondary N) is 1. The van der Waals surface area contributed by atoms with Crippen LogP contribution in [-0.4, -0.2) is 56.0 Å². The molecule has 0 unspecified atom stereocenters. The van der Waals surface area contributed by atoms with E-state index in [0.717, 1.165) is 6.21 Å². The number of methoxy groups -OCH3 is 1. The van der Waals surface area contributed by atoms with Crippen molar-refractivity contribution in [2.75, 3.05) is 20.4 Å². The van der Waals surface area contributed by atoms with E-state index in [4.69, 9.17) is 14.7 Å². The third-order valence-corrected chi connectivity index (χ3v) is 5.30. The molecule has 0 amide bonds. The number of nitrogens with zero attached hydrogens (tertiary/aromatic N) is 3. The number of carbonyl (C=O) groups excluding carboxylic acids is 1. The minimum absolute atomic E-state index is 0.0732. The molecule has 0 aliphatic heterocycles. The molecule has 0 aliphatic rings. The zero-order valence-corrected chi connectivity index (χ0v) is 17.5. The van der Waals surface area contributed by atoms with Crippen molar-refractivity contribution >= 4 is 34.8 Å². The van der Waals surface area contributed by atoms with Gasteiger partial charge in [0.05, 0.1) is 25.1 Å². The van der Waals surface area contributed by atoms with Gasteiger partial charge >= 0.3 is 5.97 Å². The number of benzene rings is 1. The molecule has 13 heteroatoms. The Morgan fingerprint density at radius 2 is 2.17 bits per heavy atom. The van der Waals surface area contributed by atoms with Gasteiger partial charge in [-0.3, -0.25) is 5.26 Å². The van der Waals surface area contributed by atoms with Crippen LogP contribution >= 0.6 is 12.6 Å². The molecule has 0 aliphatic carbocycles. The van der Waals surface area contributed by atoms with Crippen molar-refractivity contribution in [2.24, 2.45) is 5.10 Å². The summed E-state index contributed by atoms with van der Waals surface area (Å²) < 4.78 is 38.3. The van der Waals surface area contributed by atoms with E-state index in [1.165, 1.54) is 23.9 Å². The summed E-state index contributed by atoms with van der Waals surface area (Å²) in [6.07, 6.45) is 0.967. The molecule has 2 rings (SSSR count). The molecule has 0 fully saturated rings. The normalized spacial score (nSPS) is 11.8. The van der Waals surface area contributed by atoms with E-state index in [1.54, 1.807) is 19.9 Å². The molecule has 0 bridgehead atoms. The summed E-state index contributed by atoms with van der Waals surface area (Å²) in [5.74, 6) is -0.576. The van der Waals surface area contributed by atoms with E-state index < -0.39 is 22.7 Å². The average Bonchev–Trinajstić information content (AvgIpc) is 2.97. The van der Waals surface area contributed by atoms with Crippen LogP contribution in [-0.2, 0) is 24.4 Å². The molecule has 2 N–H and O–H groups in total. The summed E-state index contributed by atoms with van der Waals surface area (Å²) in [6.45, 7) is 2.90. The Morgan fingerprint density at radius 1 is 1.45 bits per heavy atom. The average molecular weight is 444 g/mol. The minimum Gasteiger partial charge on any atom is -0.495 e. The van der Waals surface area contributed by atoms with E-state index >= 15 is 0 Å². The fourth-order valence-electron chi connectivity index (χ4n) is 2.44. The van der Waals surface area contributed by atoms with Crippen LogP contribution in [0.5, 0.6) is 5.75 Å². The summed E-state index contributed by atoms with van der Waals surface area (Å²) in [4.78, 5) is 19.4. The van der Waals surface area contributed by atoms with Gasteiger partial charge in [-0.15, -0.1) is 12.6 Å². The molecule has 0 atom stereocenters. The van der Waals surface area contributed by atoms with Crippen molar-refractivity contribution in [3.8, 4) is 17.0 Å². The lowest BCUT2D eigenvalue weighted by Gasteiger charge is -2.12. The molecule has 2 aromatic rings. The van der Waals surface area contributed by atoms with E-state index in [1.807, 2.05) is 0 Å². The number of esters is 1. The van der Waals surface area contributed by atoms with Crippen molar-refractivity contribution in [3.63, 3.8) is 0 Å². The maximum absolute atomic E-state index is 12.5. The van der Waals surface area contributed by atoms with Crippen LogP contribution in [0, 0.1) is 6.92 Å². The highest BCUT2D eigenvalue weighted by molar-refractivity contribution is 7.89. The Kier molecular flexibility index (Phi) is 7.75. The van der Waals surface area contributed by atoms with Gasteiger partial charge < -0.3 is 9.47 Å². The third kappa shape index (κ3) is 5.33. The first-order chi connectivity index (χ1) is 13.7. The van der Waals surface area contributed by atoms with Crippen LogP contribution in [0.3, 0.4) is 0 Å². The number of ether oxygens (including phenoxy) is 2. The van der Waals surface area contributed by atoms with Crippen LogP contribution < -0.4 is 9.46 Å². The van der Waals surface area contributed by atoms with E-state index in [0.29, 0.717) is 17.0 Å². The number of hydrogen-bond donors (Lipinski definition) is 3. The lowest BCUT2D eigenvalue weighted by atomic mass is 10.1. The number of aromatic nitrogens is 2. The zero-order valence-electron chi connectivity index (χ0n) is 15.8. The number of carbonyl (C=O) groups is 1. The van der Waals surface area contributed by atoms with E-state index in [9.17, 15) is 13.2 Å². The van der Waals surface area contributed by atoms with Crippen LogP contribution in [0.2, 0.25) is 0 Å². The molecule has 158 valence electrons. The van der Waals surface area contributed by atoms with Gasteiger partial charge in [-0.1, -0.05) is 0 Å². The predicted octanol–water partition coefficient (Wildman–Crippen LogP) is 1.28. The summed E-state index contributed by atoms with van der Waals surface area (Å²) in [5, 5.41) is 12.6. The first-order valence-electron chi connectivity index (χ1n) is 8.19. The highest BCUT2D eigenvalue weighted by Gasteiger charge is 2.23. The standard InChI is InChI=1S/C16H20N4O7S2/c1-4-26-14(21)8-17-20-15(10(2)19-16(20)28)11-5-6-12(25-3)13(7-11)29(23,24)18-9-27-22/h5-8,18,22H,4,9H2,1-3H3,(H,19,28)/b17-8+. The Balaban J connectivity index is 2.58. The number of imidazole rings is 1. The second-order valence-corrected chi connectivity index (χ2v) is 7.58. The van der Waals surface area contributed by atoms with Gasteiger partial charge in [-0.2, -0.15) is 9.82 Å². The number of thiol groups is 1. The zero-order chi connectivity index (χ0) is 21.6. The SMILES string of the molecule is CCOC(=O)/C=N/n1c(S)nc(C)c1-c1ccc(OC)c(S(=O)(=O)NCOO)c1. The van der Waals surface area contributed by atoms with Gasteiger partial charge in [0.25, 0.3) is 0 Å². The quantitative estimate of drug-likeness (QED) is 0.131. The molecular formula is C16H20N4O7S2. The summed E-state index contributed by atoms with van der Waals surface area (Å²) in [6, 6.07) is 4.40. The largest absolute Gasteiger partial charge is 0.495 e. The van der Waals surface area contributed by atoms with Crippen LogP contribution in [0.15, 0.2) is 33.4 Å². The fourth-order valence-corrected chi connectivity index (χ4v) is 3.81. The summed E-state index contributed by atoms with van der Waals surface area (Å²) in [5.41, 5.74) is 1.33. The summed E-state index contributed by atoms with van der Waals surface area (Å²) >= 11 is 4.25. The first kappa shape index (κ1) is 22.8. The molecule has 1 heterocycles. The predicted molar refractivity (Wildman–Crippen MR) is 106 cm³/mol. The highest BCUT2D eigenvalue weighted by Crippen LogP contribution is 2.32. The lowest BCUT2D eigenvalue weighted by Crippen LogP contribution is -2.26. The minimum atomic E-state index is -4.07. The maximum atomic E-state index is 12.5. The second-order valence-electron chi connectivity index (χ2n) is 5.44. The smallest absolute Gasteiger partial charge is 0.351 e. The van der Waals surface area contributed by atoms with Crippen molar-refractivity contribution in [2.45, 2.75) is 23.9 Å². The monoisotopic (exact) mass is 444 g/mol. The number of hydrogen-bond acceptors (Lipinski definition) is 10. The van der Waals surface area contributed by atoms with E-state index in [2.05, 4.69) is 32.3 Å². The van der Waals surface area contributed by atoms with Gasteiger partial charge in [0.15, 0.2) is 5.16 Å². The molecule has 1 aromatic carbocycles. The van der Waals surface area contributed by atoms with Crippen LogP contribution in [0.4, 0.5) is 0 Å². The summed E-state index contributed by atoms with van der Waals surface area (Å²) in [7, 11) is -2.75. The van der Waals surface area contributed by atoms with Crippen LogP contribution in [0.25, 0.3) is 11.3 Å². The molecule has 0 radical (unpaired) electrons. The Bertz CT molecular complexity index is 1020. The van der Waals surface area contributed by atoms with Gasteiger partial charge in [-0.25, -0.2) is 27.8 Å². The molecular weight excluding hydrogens is 424 g/mol. The van der Waals surface area contributed by atoms with Gasteiger partial charge in [0.2, 0.25) is 10.0 Å². The Labute approximate surface area is 172 Å². The van der Waals surface area contributed by atoms with E-state index in [-0.39, 0.29) is 22.4 Å². The molecule has 11 nitrogen and oxygen atoms in total. The van der Waals surface area contributed by atoms with Crippen LogP contribution in [0.1, 0.15) is 12.6 Å². The second kappa shape index (κ2) is 9.84. The number of aryl methyl sites for hydroxylation is 1.